The Morgan fingerprint density at radius 2 is 2.19 bits per heavy atom. The molecule has 0 saturated carbocycles. The predicted octanol–water partition coefficient (Wildman–Crippen LogP) is -0.908. The first-order chi connectivity index (χ1) is 7.61. The van der Waals surface area contributed by atoms with Gasteiger partial charge in [0.25, 0.3) is 0 Å². The maximum absolute atomic E-state index is 9.08. The molecule has 1 rings (SSSR count). The Kier molecular flexibility index (Phi) is 5.24. The number of pyridine rings is 1. The van der Waals surface area contributed by atoms with Gasteiger partial charge in [0.15, 0.2) is 0 Å². The highest BCUT2D eigenvalue weighted by Crippen LogP contribution is 2.02. The number of hydrogen-bond donors (Lipinski definition) is 2. The molecule has 1 heterocycles. The largest absolute Gasteiger partial charge is 0.494 e. The Morgan fingerprint density at radius 1 is 1.44 bits per heavy atom. The maximum Gasteiger partial charge on any atom is 0.494 e. The Bertz CT molecular complexity index is 321. The van der Waals surface area contributed by atoms with E-state index in [1.54, 1.807) is 18.3 Å². The van der Waals surface area contributed by atoms with Gasteiger partial charge in [-0.15, -0.1) is 0 Å². The molecule has 16 heavy (non-hydrogen) atoms. The van der Waals surface area contributed by atoms with Crippen molar-refractivity contribution in [1.82, 2.24) is 9.88 Å². The zero-order valence-corrected chi connectivity index (χ0v) is 9.63. The van der Waals surface area contributed by atoms with Crippen LogP contribution >= 0.6 is 0 Å². The van der Waals surface area contributed by atoms with Crippen LogP contribution in [0.1, 0.15) is 6.42 Å². The molecule has 0 bridgehead atoms. The molecular weight excluding hydrogens is 207 g/mol. The fourth-order valence-electron chi connectivity index (χ4n) is 1.27. The summed E-state index contributed by atoms with van der Waals surface area (Å²) in [5.74, 6) is 0.288. The van der Waals surface area contributed by atoms with Gasteiger partial charge in [0, 0.05) is 18.2 Å². The normalized spacial score (nSPS) is 10.6. The van der Waals surface area contributed by atoms with Gasteiger partial charge in [-0.3, -0.25) is 0 Å². The van der Waals surface area contributed by atoms with Gasteiger partial charge in [-0.05, 0) is 26.6 Å². The average Bonchev–Trinajstić information content (AvgIpc) is 2.24. The third-order valence-corrected chi connectivity index (χ3v) is 2.07. The first-order valence-electron chi connectivity index (χ1n) is 5.20. The molecule has 0 spiro atoms. The number of rotatable bonds is 6. The lowest BCUT2D eigenvalue weighted by atomic mass is 9.81. The van der Waals surface area contributed by atoms with E-state index in [1.807, 2.05) is 14.1 Å². The second-order valence-corrected chi connectivity index (χ2v) is 3.78. The molecule has 0 aromatic carbocycles. The first-order valence-corrected chi connectivity index (χ1v) is 5.20. The van der Waals surface area contributed by atoms with Crippen molar-refractivity contribution in [2.45, 2.75) is 6.42 Å². The van der Waals surface area contributed by atoms with Crippen molar-refractivity contribution in [2.24, 2.45) is 0 Å². The molecule has 1 aromatic rings. The Hall–Kier alpha value is -1.11. The van der Waals surface area contributed by atoms with Gasteiger partial charge in [-0.2, -0.15) is 0 Å². The van der Waals surface area contributed by atoms with Crippen molar-refractivity contribution in [1.29, 1.82) is 0 Å². The lowest BCUT2D eigenvalue weighted by molar-refractivity contribution is 0.274. The molecule has 0 unspecified atom stereocenters. The quantitative estimate of drug-likeness (QED) is 0.483. The summed E-state index contributed by atoms with van der Waals surface area (Å²) in [6.07, 6.45) is 2.43. The van der Waals surface area contributed by atoms with Gasteiger partial charge in [0.2, 0.25) is 5.88 Å². The van der Waals surface area contributed by atoms with E-state index in [-0.39, 0.29) is 5.88 Å². The zero-order valence-electron chi connectivity index (χ0n) is 9.63. The maximum atomic E-state index is 9.08. The molecule has 0 aliphatic rings. The fourth-order valence-corrected chi connectivity index (χ4v) is 1.27. The predicted molar refractivity (Wildman–Crippen MR) is 62.7 cm³/mol. The van der Waals surface area contributed by atoms with Crippen LogP contribution in [0.5, 0.6) is 5.88 Å². The van der Waals surface area contributed by atoms with E-state index < -0.39 is 7.12 Å². The summed E-state index contributed by atoms with van der Waals surface area (Å²) in [7, 11) is 2.44. The summed E-state index contributed by atoms with van der Waals surface area (Å²) >= 11 is 0. The highest BCUT2D eigenvalue weighted by Gasteiger charge is 2.17. The van der Waals surface area contributed by atoms with E-state index in [0.29, 0.717) is 12.1 Å². The number of ether oxygens (including phenoxy) is 1. The van der Waals surface area contributed by atoms with Gasteiger partial charge in [-0.1, -0.05) is 6.07 Å². The van der Waals surface area contributed by atoms with Crippen molar-refractivity contribution in [3.05, 3.63) is 18.3 Å². The second kappa shape index (κ2) is 6.47. The van der Waals surface area contributed by atoms with E-state index >= 15 is 0 Å². The summed E-state index contributed by atoms with van der Waals surface area (Å²) < 4.78 is 5.39. The fraction of sp³-hybridized carbons (Fsp3) is 0.500. The van der Waals surface area contributed by atoms with Crippen LogP contribution in [0.15, 0.2) is 18.3 Å². The second-order valence-electron chi connectivity index (χ2n) is 3.78. The number of nitrogens with zero attached hydrogens (tertiary/aromatic N) is 2. The molecule has 88 valence electrons. The van der Waals surface area contributed by atoms with Crippen molar-refractivity contribution in [3.8, 4) is 5.88 Å². The van der Waals surface area contributed by atoms with Crippen molar-refractivity contribution in [2.75, 3.05) is 27.2 Å². The van der Waals surface area contributed by atoms with Crippen LogP contribution in [0, 0.1) is 0 Å². The zero-order chi connectivity index (χ0) is 12.0. The van der Waals surface area contributed by atoms with Gasteiger partial charge in [0.05, 0.1) is 6.61 Å². The molecule has 0 fully saturated rings. The lowest BCUT2D eigenvalue weighted by Gasteiger charge is -2.11. The SMILES string of the molecule is CN(C)CCCOc1ncccc1B(O)O. The van der Waals surface area contributed by atoms with E-state index in [9.17, 15) is 0 Å². The van der Waals surface area contributed by atoms with Crippen molar-refractivity contribution in [3.63, 3.8) is 0 Å². The molecule has 0 atom stereocenters. The minimum atomic E-state index is -1.54. The molecule has 0 amide bonds. The molecule has 5 nitrogen and oxygen atoms in total. The van der Waals surface area contributed by atoms with E-state index in [2.05, 4.69) is 9.88 Å². The molecular formula is C10H17BN2O3. The smallest absolute Gasteiger partial charge is 0.478 e. The standard InChI is InChI=1S/C10H17BN2O3/c1-13(2)7-4-8-16-10-9(11(14)15)5-3-6-12-10/h3,5-6,14-15H,4,7-8H2,1-2H3. The number of hydrogen-bond acceptors (Lipinski definition) is 5. The third-order valence-electron chi connectivity index (χ3n) is 2.07. The van der Waals surface area contributed by atoms with Crippen LogP contribution in [0.4, 0.5) is 0 Å². The van der Waals surface area contributed by atoms with Crippen LogP contribution in [-0.4, -0.2) is 54.3 Å². The lowest BCUT2D eigenvalue weighted by Crippen LogP contribution is -2.32. The van der Waals surface area contributed by atoms with Gasteiger partial charge in [0.1, 0.15) is 0 Å². The summed E-state index contributed by atoms with van der Waals surface area (Å²) in [6.45, 7) is 1.43. The van der Waals surface area contributed by atoms with Crippen LogP contribution in [0.2, 0.25) is 0 Å². The minimum absolute atomic E-state index is 0.288. The third kappa shape index (κ3) is 4.18. The number of aromatic nitrogens is 1. The van der Waals surface area contributed by atoms with E-state index in [1.165, 1.54) is 0 Å². The van der Waals surface area contributed by atoms with Crippen LogP contribution in [0.25, 0.3) is 0 Å². The van der Waals surface area contributed by atoms with Gasteiger partial charge < -0.3 is 19.7 Å². The highest BCUT2D eigenvalue weighted by atomic mass is 16.5. The summed E-state index contributed by atoms with van der Waals surface area (Å²) in [4.78, 5) is 6.02. The summed E-state index contributed by atoms with van der Waals surface area (Å²) in [5.41, 5.74) is 0.298. The van der Waals surface area contributed by atoms with E-state index in [0.717, 1.165) is 13.0 Å². The summed E-state index contributed by atoms with van der Waals surface area (Å²) in [5, 5.41) is 18.2. The van der Waals surface area contributed by atoms with E-state index in [4.69, 9.17) is 14.8 Å². The minimum Gasteiger partial charge on any atom is -0.478 e. The molecule has 1 aromatic heterocycles. The van der Waals surface area contributed by atoms with Gasteiger partial charge >= 0.3 is 7.12 Å². The van der Waals surface area contributed by atoms with Crippen molar-refractivity contribution < 1.29 is 14.8 Å². The molecule has 6 heteroatoms. The van der Waals surface area contributed by atoms with Crippen molar-refractivity contribution >= 4 is 12.6 Å². The van der Waals surface area contributed by atoms with Crippen LogP contribution in [0.3, 0.4) is 0 Å². The molecule has 0 saturated heterocycles. The Morgan fingerprint density at radius 3 is 2.81 bits per heavy atom. The molecule has 0 radical (unpaired) electrons. The average molecular weight is 224 g/mol. The first kappa shape index (κ1) is 13.0. The van der Waals surface area contributed by atoms with Gasteiger partial charge in [-0.25, -0.2) is 4.98 Å². The highest BCUT2D eigenvalue weighted by molar-refractivity contribution is 6.59. The monoisotopic (exact) mass is 224 g/mol. The molecule has 0 aliphatic heterocycles. The van der Waals surface area contributed by atoms with Crippen LogP contribution in [-0.2, 0) is 0 Å². The van der Waals surface area contributed by atoms with Crippen LogP contribution < -0.4 is 10.2 Å². The topological polar surface area (TPSA) is 65.8 Å². The molecule has 0 aliphatic carbocycles. The Balaban J connectivity index is 2.47. The summed E-state index contributed by atoms with van der Waals surface area (Å²) in [6, 6.07) is 3.22. The Labute approximate surface area is 95.8 Å². The molecule has 2 N–H and O–H groups in total.